The zero-order valence-electron chi connectivity index (χ0n) is 5.68. The molecule has 0 amide bonds. The molecule has 0 radical (unpaired) electrons. The SMILES string of the molecule is COC(CC(=O)O)C(F)(F)F. The Kier molecular flexibility index (Phi) is 3.31. The van der Waals surface area contributed by atoms with E-state index in [4.69, 9.17) is 5.11 Å². The van der Waals surface area contributed by atoms with Crippen LogP contribution in [0.1, 0.15) is 6.42 Å². The molecule has 1 N–H and O–H groups in total. The summed E-state index contributed by atoms with van der Waals surface area (Å²) in [6, 6.07) is 0. The van der Waals surface area contributed by atoms with Gasteiger partial charge in [-0.25, -0.2) is 0 Å². The van der Waals surface area contributed by atoms with Gasteiger partial charge in [0.25, 0.3) is 0 Å². The minimum Gasteiger partial charge on any atom is -0.481 e. The van der Waals surface area contributed by atoms with Gasteiger partial charge >= 0.3 is 12.1 Å². The van der Waals surface area contributed by atoms with Gasteiger partial charge < -0.3 is 9.84 Å². The number of aliphatic carboxylic acids is 1. The lowest BCUT2D eigenvalue weighted by molar-refractivity contribution is -0.216. The Morgan fingerprint density at radius 1 is 1.64 bits per heavy atom. The van der Waals surface area contributed by atoms with Gasteiger partial charge in [-0.2, -0.15) is 13.2 Å². The van der Waals surface area contributed by atoms with Crippen LogP contribution in [0, 0.1) is 0 Å². The summed E-state index contributed by atoms with van der Waals surface area (Å²) in [5, 5.41) is 8.00. The molecular formula is C5H7F3O3. The molecular weight excluding hydrogens is 165 g/mol. The second-order valence-corrected chi connectivity index (χ2v) is 1.86. The summed E-state index contributed by atoms with van der Waals surface area (Å²) in [5.41, 5.74) is 0. The van der Waals surface area contributed by atoms with E-state index in [1.165, 1.54) is 0 Å². The number of rotatable bonds is 3. The smallest absolute Gasteiger partial charge is 0.415 e. The molecule has 0 saturated heterocycles. The monoisotopic (exact) mass is 172 g/mol. The first-order valence-electron chi connectivity index (χ1n) is 2.69. The normalized spacial score (nSPS) is 14.5. The Balaban J connectivity index is 4.07. The first-order valence-corrected chi connectivity index (χ1v) is 2.69. The zero-order valence-corrected chi connectivity index (χ0v) is 5.68. The Labute approximate surface area is 60.8 Å². The van der Waals surface area contributed by atoms with E-state index in [0.29, 0.717) is 0 Å². The number of carbonyl (C=O) groups is 1. The standard InChI is InChI=1S/C5H7F3O3/c1-11-3(2-4(9)10)5(6,7)8/h3H,2H2,1H3,(H,9,10). The van der Waals surface area contributed by atoms with E-state index in [-0.39, 0.29) is 0 Å². The second kappa shape index (κ2) is 3.56. The Bertz CT molecular complexity index is 142. The van der Waals surface area contributed by atoms with Crippen molar-refractivity contribution in [2.45, 2.75) is 18.7 Å². The van der Waals surface area contributed by atoms with Crippen molar-refractivity contribution >= 4 is 5.97 Å². The van der Waals surface area contributed by atoms with E-state index in [1.807, 2.05) is 0 Å². The summed E-state index contributed by atoms with van der Waals surface area (Å²) < 4.78 is 39.0. The number of hydrogen-bond acceptors (Lipinski definition) is 2. The molecule has 0 aliphatic rings. The van der Waals surface area contributed by atoms with Crippen LogP contribution >= 0.6 is 0 Å². The first-order chi connectivity index (χ1) is 4.88. The van der Waals surface area contributed by atoms with Crippen LogP contribution in [0.3, 0.4) is 0 Å². The van der Waals surface area contributed by atoms with E-state index in [0.717, 1.165) is 7.11 Å². The van der Waals surface area contributed by atoms with Crippen LogP contribution in [0.4, 0.5) is 13.2 Å². The summed E-state index contributed by atoms with van der Waals surface area (Å²) in [4.78, 5) is 9.84. The molecule has 0 fully saturated rings. The van der Waals surface area contributed by atoms with E-state index >= 15 is 0 Å². The molecule has 6 heteroatoms. The first kappa shape index (κ1) is 10.2. The summed E-state index contributed by atoms with van der Waals surface area (Å²) in [6.45, 7) is 0. The molecule has 0 rings (SSSR count). The summed E-state index contributed by atoms with van der Waals surface area (Å²) in [7, 11) is 0.821. The quantitative estimate of drug-likeness (QED) is 0.691. The maximum absolute atomic E-state index is 11.7. The highest BCUT2D eigenvalue weighted by atomic mass is 19.4. The lowest BCUT2D eigenvalue weighted by Crippen LogP contribution is -2.32. The number of hydrogen-bond donors (Lipinski definition) is 1. The fourth-order valence-corrected chi connectivity index (χ4v) is 0.491. The van der Waals surface area contributed by atoms with Crippen LogP contribution in [-0.4, -0.2) is 30.5 Å². The minimum absolute atomic E-state index is 0.821. The maximum atomic E-state index is 11.7. The van der Waals surface area contributed by atoms with Gasteiger partial charge in [-0.1, -0.05) is 0 Å². The molecule has 0 bridgehead atoms. The van der Waals surface area contributed by atoms with Crippen molar-refractivity contribution in [3.8, 4) is 0 Å². The van der Waals surface area contributed by atoms with Gasteiger partial charge in [0.15, 0.2) is 6.10 Å². The van der Waals surface area contributed by atoms with Crippen molar-refractivity contribution in [3.05, 3.63) is 0 Å². The van der Waals surface area contributed by atoms with Gasteiger partial charge in [-0.3, -0.25) is 4.79 Å². The summed E-state index contributed by atoms with van der Waals surface area (Å²) in [5.74, 6) is -1.53. The summed E-state index contributed by atoms with van der Waals surface area (Å²) in [6.07, 6.45) is -7.87. The molecule has 11 heavy (non-hydrogen) atoms. The van der Waals surface area contributed by atoms with Crippen LogP contribution in [0.5, 0.6) is 0 Å². The molecule has 0 aromatic carbocycles. The predicted octanol–water partition coefficient (Wildman–Crippen LogP) is 1.04. The van der Waals surface area contributed by atoms with Crippen molar-refractivity contribution in [1.82, 2.24) is 0 Å². The third-order valence-corrected chi connectivity index (χ3v) is 1.01. The van der Waals surface area contributed by atoms with Crippen molar-refractivity contribution in [3.63, 3.8) is 0 Å². The van der Waals surface area contributed by atoms with Gasteiger partial charge in [0.2, 0.25) is 0 Å². The maximum Gasteiger partial charge on any atom is 0.415 e. The highest BCUT2D eigenvalue weighted by molar-refractivity contribution is 5.67. The van der Waals surface area contributed by atoms with E-state index < -0.39 is 24.7 Å². The minimum atomic E-state index is -4.60. The molecule has 0 aliphatic heterocycles. The highest BCUT2D eigenvalue weighted by Gasteiger charge is 2.41. The molecule has 0 heterocycles. The number of alkyl halides is 3. The zero-order chi connectivity index (χ0) is 9.07. The molecule has 0 aromatic rings. The topological polar surface area (TPSA) is 46.5 Å². The molecule has 1 atom stereocenters. The fraction of sp³-hybridized carbons (Fsp3) is 0.800. The molecule has 0 aromatic heterocycles. The predicted molar refractivity (Wildman–Crippen MR) is 29.1 cm³/mol. The van der Waals surface area contributed by atoms with Gasteiger partial charge in [0.1, 0.15) is 0 Å². The van der Waals surface area contributed by atoms with Crippen LogP contribution in [0.2, 0.25) is 0 Å². The van der Waals surface area contributed by atoms with E-state index in [2.05, 4.69) is 4.74 Å². The van der Waals surface area contributed by atoms with Gasteiger partial charge in [-0.05, 0) is 0 Å². The van der Waals surface area contributed by atoms with E-state index in [9.17, 15) is 18.0 Å². The average Bonchev–Trinajstić information content (AvgIpc) is 1.79. The molecule has 1 unspecified atom stereocenters. The van der Waals surface area contributed by atoms with Crippen LogP contribution in [0.25, 0.3) is 0 Å². The van der Waals surface area contributed by atoms with Crippen molar-refractivity contribution in [2.75, 3.05) is 7.11 Å². The van der Waals surface area contributed by atoms with Gasteiger partial charge in [-0.15, -0.1) is 0 Å². The molecule has 66 valence electrons. The number of halogens is 3. The lowest BCUT2D eigenvalue weighted by atomic mass is 10.2. The van der Waals surface area contributed by atoms with Crippen molar-refractivity contribution in [1.29, 1.82) is 0 Å². The van der Waals surface area contributed by atoms with Crippen LogP contribution < -0.4 is 0 Å². The van der Waals surface area contributed by atoms with Crippen molar-refractivity contribution in [2.24, 2.45) is 0 Å². The molecule has 0 aliphatic carbocycles. The third-order valence-electron chi connectivity index (χ3n) is 1.01. The second-order valence-electron chi connectivity index (χ2n) is 1.86. The molecule has 0 spiro atoms. The summed E-state index contributed by atoms with van der Waals surface area (Å²) >= 11 is 0. The average molecular weight is 172 g/mol. The Morgan fingerprint density at radius 3 is 2.18 bits per heavy atom. The Morgan fingerprint density at radius 2 is 2.09 bits per heavy atom. The largest absolute Gasteiger partial charge is 0.481 e. The number of carboxylic acids is 1. The van der Waals surface area contributed by atoms with E-state index in [1.54, 1.807) is 0 Å². The fourth-order valence-electron chi connectivity index (χ4n) is 0.491. The molecule has 3 nitrogen and oxygen atoms in total. The third kappa shape index (κ3) is 3.82. The molecule has 0 saturated carbocycles. The van der Waals surface area contributed by atoms with Crippen molar-refractivity contribution < 1.29 is 27.8 Å². The van der Waals surface area contributed by atoms with Gasteiger partial charge in [0, 0.05) is 7.11 Å². The number of ether oxygens (including phenoxy) is 1. The van der Waals surface area contributed by atoms with Crippen LogP contribution in [0.15, 0.2) is 0 Å². The number of carboxylic acid groups (broad SMARTS) is 1. The highest BCUT2D eigenvalue weighted by Crippen LogP contribution is 2.24. The lowest BCUT2D eigenvalue weighted by Gasteiger charge is -2.15. The van der Waals surface area contributed by atoms with Crippen LogP contribution in [-0.2, 0) is 9.53 Å². The number of methoxy groups -OCH3 is 1. The van der Waals surface area contributed by atoms with Gasteiger partial charge in [0.05, 0.1) is 6.42 Å². The Hall–Kier alpha value is -0.780.